The molecule has 0 saturated carbocycles. The summed E-state index contributed by atoms with van der Waals surface area (Å²) >= 11 is 0. The van der Waals surface area contributed by atoms with Crippen molar-refractivity contribution in [2.45, 2.75) is 12.8 Å². The molecular weight excluding hydrogens is 324 g/mol. The van der Waals surface area contributed by atoms with Crippen LogP contribution in [0, 0.1) is 11.8 Å². The lowest BCUT2D eigenvalue weighted by atomic mass is 10.2. The minimum absolute atomic E-state index is 0.480. The average Bonchev–Trinajstić information content (AvgIpc) is 3.20. The molecule has 0 aliphatic carbocycles. The van der Waals surface area contributed by atoms with E-state index in [0.717, 1.165) is 25.2 Å². The molecule has 1 aliphatic heterocycles. The van der Waals surface area contributed by atoms with Gasteiger partial charge in [-0.05, 0) is 56.1 Å². The lowest BCUT2D eigenvalue weighted by Crippen LogP contribution is -2.25. The SMILES string of the molecule is C(#Cc1nc2ncccc2nc1OCCN1CCCC1)c1ccccc1. The monoisotopic (exact) mass is 344 g/mol. The van der Waals surface area contributed by atoms with E-state index in [1.165, 1.54) is 12.8 Å². The number of aromatic nitrogens is 3. The highest BCUT2D eigenvalue weighted by Gasteiger charge is 2.13. The van der Waals surface area contributed by atoms with E-state index in [0.29, 0.717) is 29.3 Å². The molecule has 1 aromatic carbocycles. The maximum atomic E-state index is 5.95. The van der Waals surface area contributed by atoms with Gasteiger partial charge in [0, 0.05) is 18.3 Å². The molecule has 0 spiro atoms. The highest BCUT2D eigenvalue weighted by Crippen LogP contribution is 2.17. The van der Waals surface area contributed by atoms with E-state index < -0.39 is 0 Å². The van der Waals surface area contributed by atoms with Gasteiger partial charge in [-0.3, -0.25) is 4.90 Å². The fourth-order valence-corrected chi connectivity index (χ4v) is 2.99. The first-order chi connectivity index (χ1) is 12.9. The molecule has 0 unspecified atom stereocenters. The second kappa shape index (κ2) is 7.94. The lowest BCUT2D eigenvalue weighted by molar-refractivity contribution is 0.231. The standard InChI is InChI=1S/C21H20N4O/c1-2-7-17(8-3-1)10-11-19-21(26-16-15-25-13-4-5-14-25)24-18-9-6-12-22-20(18)23-19/h1-3,6-9,12H,4-5,13-16H2. The van der Waals surface area contributed by atoms with E-state index in [9.17, 15) is 0 Å². The first-order valence-corrected chi connectivity index (χ1v) is 8.93. The molecule has 0 radical (unpaired) electrons. The minimum Gasteiger partial charge on any atom is -0.474 e. The van der Waals surface area contributed by atoms with Crippen LogP contribution < -0.4 is 4.74 Å². The van der Waals surface area contributed by atoms with Crippen molar-refractivity contribution >= 4 is 11.2 Å². The second-order valence-corrected chi connectivity index (χ2v) is 6.24. The summed E-state index contributed by atoms with van der Waals surface area (Å²) in [5.74, 6) is 6.70. The second-order valence-electron chi connectivity index (χ2n) is 6.24. The van der Waals surface area contributed by atoms with Crippen LogP contribution in [-0.4, -0.2) is 46.1 Å². The Morgan fingerprint density at radius 3 is 2.65 bits per heavy atom. The quantitative estimate of drug-likeness (QED) is 0.681. The van der Waals surface area contributed by atoms with Crippen LogP contribution in [0.1, 0.15) is 24.1 Å². The summed E-state index contributed by atoms with van der Waals surface area (Å²) in [5.41, 5.74) is 2.76. The summed E-state index contributed by atoms with van der Waals surface area (Å²) in [6.45, 7) is 3.79. The highest BCUT2D eigenvalue weighted by molar-refractivity contribution is 5.71. The van der Waals surface area contributed by atoms with Gasteiger partial charge < -0.3 is 4.74 Å². The molecule has 5 nitrogen and oxygen atoms in total. The molecule has 1 fully saturated rings. The molecule has 4 rings (SSSR count). The summed E-state index contributed by atoms with van der Waals surface area (Å²) in [5, 5.41) is 0. The van der Waals surface area contributed by atoms with Crippen LogP contribution in [0.4, 0.5) is 0 Å². The maximum absolute atomic E-state index is 5.95. The molecule has 1 saturated heterocycles. The third-order valence-electron chi connectivity index (χ3n) is 4.35. The van der Waals surface area contributed by atoms with Gasteiger partial charge in [-0.25, -0.2) is 15.0 Å². The zero-order valence-electron chi connectivity index (χ0n) is 14.6. The third-order valence-corrected chi connectivity index (χ3v) is 4.35. The predicted octanol–water partition coefficient (Wildman–Crippen LogP) is 2.90. The van der Waals surface area contributed by atoms with E-state index in [2.05, 4.69) is 31.7 Å². The van der Waals surface area contributed by atoms with Gasteiger partial charge in [-0.15, -0.1) is 0 Å². The van der Waals surface area contributed by atoms with Crippen molar-refractivity contribution in [1.29, 1.82) is 0 Å². The van der Waals surface area contributed by atoms with Gasteiger partial charge >= 0.3 is 0 Å². The van der Waals surface area contributed by atoms with Crippen molar-refractivity contribution < 1.29 is 4.74 Å². The van der Waals surface area contributed by atoms with Crippen molar-refractivity contribution in [3.63, 3.8) is 0 Å². The minimum atomic E-state index is 0.480. The number of pyridine rings is 1. The Morgan fingerprint density at radius 2 is 1.81 bits per heavy atom. The van der Waals surface area contributed by atoms with Crippen LogP contribution >= 0.6 is 0 Å². The Morgan fingerprint density at radius 1 is 0.962 bits per heavy atom. The van der Waals surface area contributed by atoms with Gasteiger partial charge in [-0.2, -0.15) is 0 Å². The van der Waals surface area contributed by atoms with Crippen molar-refractivity contribution in [3.8, 4) is 17.7 Å². The van der Waals surface area contributed by atoms with Crippen LogP contribution in [-0.2, 0) is 0 Å². The smallest absolute Gasteiger partial charge is 0.249 e. The van der Waals surface area contributed by atoms with Crippen molar-refractivity contribution in [2.24, 2.45) is 0 Å². The molecule has 3 heterocycles. The molecule has 0 N–H and O–H groups in total. The maximum Gasteiger partial charge on any atom is 0.249 e. The molecule has 0 bridgehead atoms. The van der Waals surface area contributed by atoms with E-state index >= 15 is 0 Å². The van der Waals surface area contributed by atoms with Gasteiger partial charge in [-0.1, -0.05) is 24.1 Å². The first kappa shape index (κ1) is 16.5. The van der Waals surface area contributed by atoms with E-state index in [1.807, 2.05) is 42.5 Å². The summed E-state index contributed by atoms with van der Waals surface area (Å²) in [6, 6.07) is 13.6. The third kappa shape index (κ3) is 3.98. The molecule has 130 valence electrons. The number of fused-ring (bicyclic) bond motifs is 1. The highest BCUT2D eigenvalue weighted by atomic mass is 16.5. The van der Waals surface area contributed by atoms with Crippen molar-refractivity contribution in [1.82, 2.24) is 19.9 Å². The van der Waals surface area contributed by atoms with Crippen LogP contribution in [0.15, 0.2) is 48.7 Å². The Labute approximate surface area is 153 Å². The molecule has 0 amide bonds. The average molecular weight is 344 g/mol. The van der Waals surface area contributed by atoms with E-state index in [4.69, 9.17) is 4.74 Å². The summed E-state index contributed by atoms with van der Waals surface area (Å²) in [4.78, 5) is 15.8. The Hall–Kier alpha value is -2.97. The lowest BCUT2D eigenvalue weighted by Gasteiger charge is -2.15. The van der Waals surface area contributed by atoms with Gasteiger partial charge in [0.05, 0.1) is 0 Å². The molecule has 5 heteroatoms. The summed E-state index contributed by atoms with van der Waals surface area (Å²) in [7, 11) is 0. The van der Waals surface area contributed by atoms with E-state index in [1.54, 1.807) is 6.20 Å². The number of benzene rings is 1. The van der Waals surface area contributed by atoms with Crippen LogP contribution in [0.2, 0.25) is 0 Å². The number of rotatable bonds is 4. The predicted molar refractivity (Wildman–Crippen MR) is 101 cm³/mol. The summed E-state index contributed by atoms with van der Waals surface area (Å²) in [6.07, 6.45) is 4.25. The fraction of sp³-hybridized carbons (Fsp3) is 0.286. The van der Waals surface area contributed by atoms with Gasteiger partial charge in [0.1, 0.15) is 12.1 Å². The van der Waals surface area contributed by atoms with Crippen molar-refractivity contribution in [3.05, 3.63) is 59.9 Å². The Balaban J connectivity index is 1.59. The van der Waals surface area contributed by atoms with Crippen LogP contribution in [0.5, 0.6) is 5.88 Å². The molecule has 26 heavy (non-hydrogen) atoms. The number of ether oxygens (including phenoxy) is 1. The topological polar surface area (TPSA) is 51.1 Å². The molecule has 1 aliphatic rings. The fourth-order valence-electron chi connectivity index (χ4n) is 2.99. The van der Waals surface area contributed by atoms with Gasteiger partial charge in [0.15, 0.2) is 11.3 Å². The molecule has 3 aromatic rings. The molecule has 2 aromatic heterocycles. The molecule has 0 atom stereocenters. The van der Waals surface area contributed by atoms with E-state index in [-0.39, 0.29) is 0 Å². The first-order valence-electron chi connectivity index (χ1n) is 8.93. The number of likely N-dealkylation sites (tertiary alicyclic amines) is 1. The van der Waals surface area contributed by atoms with Gasteiger partial charge in [0.2, 0.25) is 5.88 Å². The number of nitrogens with zero attached hydrogens (tertiary/aromatic N) is 4. The molecular formula is C21H20N4O. The van der Waals surface area contributed by atoms with Crippen LogP contribution in [0.25, 0.3) is 11.2 Å². The largest absolute Gasteiger partial charge is 0.474 e. The zero-order chi connectivity index (χ0) is 17.6. The van der Waals surface area contributed by atoms with Crippen molar-refractivity contribution in [2.75, 3.05) is 26.2 Å². The Kier molecular flexibility index (Phi) is 5.04. The van der Waals surface area contributed by atoms with Crippen LogP contribution in [0.3, 0.4) is 0 Å². The summed E-state index contributed by atoms with van der Waals surface area (Å²) < 4.78 is 5.95. The Bertz CT molecular complexity index is 940. The normalized spacial score (nSPS) is 14.2. The number of hydrogen-bond donors (Lipinski definition) is 0. The van der Waals surface area contributed by atoms with Gasteiger partial charge in [0.25, 0.3) is 0 Å². The number of hydrogen-bond acceptors (Lipinski definition) is 5. The zero-order valence-corrected chi connectivity index (χ0v) is 14.6.